The van der Waals surface area contributed by atoms with E-state index in [1.807, 2.05) is 32.6 Å². The summed E-state index contributed by atoms with van der Waals surface area (Å²) in [4.78, 5) is 57.1. The van der Waals surface area contributed by atoms with Crippen molar-refractivity contribution >= 4 is 29.3 Å². The maximum Gasteiger partial charge on any atom is 0.270 e. The molecule has 2 atom stereocenters. The molecule has 0 unspecified atom stereocenters. The summed E-state index contributed by atoms with van der Waals surface area (Å²) in [5, 5.41) is 2.81. The van der Waals surface area contributed by atoms with Crippen molar-refractivity contribution in [2.45, 2.75) is 91.5 Å². The van der Waals surface area contributed by atoms with Crippen molar-refractivity contribution in [2.24, 2.45) is 11.7 Å². The third-order valence-electron chi connectivity index (χ3n) is 7.50. The number of nitrogens with one attached hydrogen (secondary N) is 1. The molecule has 3 rings (SSSR count). The van der Waals surface area contributed by atoms with Crippen molar-refractivity contribution in [3.05, 3.63) is 23.8 Å². The quantitative estimate of drug-likeness (QED) is 0.493. The fourth-order valence-corrected chi connectivity index (χ4v) is 5.20. The van der Waals surface area contributed by atoms with E-state index in [0.717, 1.165) is 12.8 Å². The van der Waals surface area contributed by atoms with Crippen LogP contribution in [0.2, 0.25) is 0 Å². The molecule has 1 saturated heterocycles. The van der Waals surface area contributed by atoms with Crippen molar-refractivity contribution < 1.29 is 23.9 Å². The average Bonchev–Trinajstić information content (AvgIpc) is 2.89. The molecule has 39 heavy (non-hydrogen) atoms. The van der Waals surface area contributed by atoms with Crippen LogP contribution in [0.25, 0.3) is 0 Å². The van der Waals surface area contributed by atoms with Crippen molar-refractivity contribution in [2.75, 3.05) is 31.1 Å². The van der Waals surface area contributed by atoms with Gasteiger partial charge in [0.1, 0.15) is 5.75 Å². The highest BCUT2D eigenvalue weighted by atomic mass is 16.5. The third kappa shape index (κ3) is 6.72. The lowest BCUT2D eigenvalue weighted by Gasteiger charge is -2.42. The summed E-state index contributed by atoms with van der Waals surface area (Å²) < 4.78 is 5.99. The van der Waals surface area contributed by atoms with Gasteiger partial charge in [-0.25, -0.2) is 0 Å². The number of amides is 4. The molecule has 0 aromatic heterocycles. The van der Waals surface area contributed by atoms with Gasteiger partial charge in [-0.05, 0) is 64.7 Å². The molecule has 10 heteroatoms. The highest BCUT2D eigenvalue weighted by molar-refractivity contribution is 6.04. The molecule has 0 saturated carbocycles. The summed E-state index contributed by atoms with van der Waals surface area (Å²) in [5.74, 6) is -0.0499. The molecule has 1 aromatic rings. The Morgan fingerprint density at radius 2 is 1.90 bits per heavy atom. The number of hydrogen-bond acceptors (Lipinski definition) is 6. The normalized spacial score (nSPS) is 19.4. The highest BCUT2D eigenvalue weighted by Crippen LogP contribution is 2.38. The van der Waals surface area contributed by atoms with Gasteiger partial charge in [0.2, 0.25) is 11.8 Å². The van der Waals surface area contributed by atoms with Crippen LogP contribution < -0.4 is 20.7 Å². The summed E-state index contributed by atoms with van der Waals surface area (Å²) in [5.41, 5.74) is 6.01. The van der Waals surface area contributed by atoms with E-state index in [0.29, 0.717) is 36.5 Å². The van der Waals surface area contributed by atoms with Gasteiger partial charge in [-0.2, -0.15) is 0 Å². The largest absolute Gasteiger partial charge is 0.476 e. The fourth-order valence-electron chi connectivity index (χ4n) is 5.20. The summed E-state index contributed by atoms with van der Waals surface area (Å²) in [6.07, 6.45) is 1.93. The minimum Gasteiger partial charge on any atom is -0.476 e. The number of piperidine rings is 1. The zero-order valence-corrected chi connectivity index (χ0v) is 24.5. The Balaban J connectivity index is 1.88. The molecule has 0 radical (unpaired) electrons. The number of nitrogens with zero attached hydrogens (tertiary/aromatic N) is 3. The lowest BCUT2D eigenvalue weighted by molar-refractivity contribution is -0.135. The van der Waals surface area contributed by atoms with Gasteiger partial charge >= 0.3 is 0 Å². The first-order chi connectivity index (χ1) is 18.3. The Bertz CT molecular complexity index is 1090. The molecule has 216 valence electrons. The smallest absolute Gasteiger partial charge is 0.270 e. The molecule has 1 aromatic carbocycles. The molecular formula is C29H45N5O5. The van der Waals surface area contributed by atoms with E-state index in [1.54, 1.807) is 48.8 Å². The van der Waals surface area contributed by atoms with Gasteiger partial charge in [-0.3, -0.25) is 19.2 Å². The number of fused-ring (bicyclic) bond motifs is 1. The second kappa shape index (κ2) is 12.4. The molecule has 0 aliphatic carbocycles. The molecule has 2 aliphatic heterocycles. The van der Waals surface area contributed by atoms with E-state index in [1.165, 1.54) is 0 Å². The number of benzene rings is 1. The minimum absolute atomic E-state index is 0.0318. The van der Waals surface area contributed by atoms with E-state index in [-0.39, 0.29) is 54.7 Å². The Morgan fingerprint density at radius 3 is 2.51 bits per heavy atom. The lowest BCUT2D eigenvalue weighted by atomic mass is 9.97. The third-order valence-corrected chi connectivity index (χ3v) is 7.50. The number of carbonyl (C=O) groups is 4. The topological polar surface area (TPSA) is 125 Å². The molecule has 0 spiro atoms. The van der Waals surface area contributed by atoms with Gasteiger partial charge in [0.05, 0.1) is 11.7 Å². The van der Waals surface area contributed by atoms with Crippen LogP contribution in [-0.4, -0.2) is 83.3 Å². The van der Waals surface area contributed by atoms with E-state index in [9.17, 15) is 19.2 Å². The van der Waals surface area contributed by atoms with E-state index in [4.69, 9.17) is 10.5 Å². The monoisotopic (exact) mass is 543 g/mol. The van der Waals surface area contributed by atoms with Crippen LogP contribution in [0, 0.1) is 5.92 Å². The highest BCUT2D eigenvalue weighted by Gasteiger charge is 2.41. The lowest BCUT2D eigenvalue weighted by Crippen LogP contribution is -2.57. The number of rotatable bonds is 9. The number of carbonyl (C=O) groups excluding carboxylic acids is 4. The Labute approximate surface area is 232 Å². The van der Waals surface area contributed by atoms with Crippen LogP contribution in [0.15, 0.2) is 18.2 Å². The first kappa shape index (κ1) is 30.4. The summed E-state index contributed by atoms with van der Waals surface area (Å²) in [6.45, 7) is 14.6. The Morgan fingerprint density at radius 1 is 1.21 bits per heavy atom. The van der Waals surface area contributed by atoms with Gasteiger partial charge in [0.15, 0.2) is 5.60 Å². The van der Waals surface area contributed by atoms with Crippen molar-refractivity contribution in [1.29, 1.82) is 0 Å². The summed E-state index contributed by atoms with van der Waals surface area (Å²) in [6, 6.07) is 4.32. The fraction of sp³-hybridized carbons (Fsp3) is 0.655. The molecule has 2 heterocycles. The van der Waals surface area contributed by atoms with Gasteiger partial charge < -0.3 is 30.5 Å². The van der Waals surface area contributed by atoms with Gasteiger partial charge in [0.25, 0.3) is 11.8 Å². The van der Waals surface area contributed by atoms with Crippen molar-refractivity contribution in [1.82, 2.24) is 15.1 Å². The first-order valence-electron chi connectivity index (χ1n) is 14.1. The van der Waals surface area contributed by atoms with Crippen LogP contribution in [0.5, 0.6) is 5.75 Å². The second-order valence-electron chi connectivity index (χ2n) is 11.6. The van der Waals surface area contributed by atoms with E-state index >= 15 is 0 Å². The van der Waals surface area contributed by atoms with Crippen LogP contribution in [0.4, 0.5) is 5.69 Å². The molecule has 1 fully saturated rings. The SMILES string of the molecule is CCC(=O)NCCN1C(=O)C(C)(C)Oc2ccc(C(=O)N(C(C)C)[C@@H]3CCCN(C(=O)[C@@H](N)C(C)C)C3)cc21. The zero-order chi connectivity index (χ0) is 29.1. The molecular weight excluding hydrogens is 498 g/mol. The molecule has 10 nitrogen and oxygen atoms in total. The van der Waals surface area contributed by atoms with Crippen LogP contribution >= 0.6 is 0 Å². The van der Waals surface area contributed by atoms with Crippen LogP contribution in [0.1, 0.15) is 78.1 Å². The Kier molecular flexibility index (Phi) is 9.64. The summed E-state index contributed by atoms with van der Waals surface area (Å²) in [7, 11) is 0. The number of anilines is 1. The molecule has 4 amide bonds. The minimum atomic E-state index is -1.08. The van der Waals surface area contributed by atoms with Gasteiger partial charge in [-0.15, -0.1) is 0 Å². The second-order valence-corrected chi connectivity index (χ2v) is 11.6. The number of nitrogens with two attached hydrogens (primary N) is 1. The van der Waals surface area contributed by atoms with Gasteiger partial charge in [0, 0.05) is 50.2 Å². The predicted molar refractivity (Wildman–Crippen MR) is 151 cm³/mol. The molecule has 2 aliphatic rings. The van der Waals surface area contributed by atoms with Crippen molar-refractivity contribution in [3.63, 3.8) is 0 Å². The number of ether oxygens (including phenoxy) is 1. The zero-order valence-electron chi connectivity index (χ0n) is 24.5. The Hall–Kier alpha value is -3.14. The number of likely N-dealkylation sites (tertiary alicyclic amines) is 1. The van der Waals surface area contributed by atoms with Crippen LogP contribution in [-0.2, 0) is 14.4 Å². The predicted octanol–water partition coefficient (Wildman–Crippen LogP) is 2.54. The standard InChI is InChI=1S/C29H45N5O5/c1-8-24(35)31-13-15-33-22-16-20(11-12-23(22)39-29(6,7)28(33)38)26(36)34(19(4)5)21-10-9-14-32(17-21)27(37)25(30)18(2)3/h11-12,16,18-19,21,25H,8-10,13-15,17,30H2,1-7H3,(H,31,35)/t21-,25+/m1/s1. The average molecular weight is 544 g/mol. The van der Waals surface area contributed by atoms with E-state index < -0.39 is 11.6 Å². The van der Waals surface area contributed by atoms with Crippen molar-refractivity contribution in [3.8, 4) is 5.75 Å². The molecule has 3 N–H and O–H groups in total. The maximum atomic E-state index is 13.9. The summed E-state index contributed by atoms with van der Waals surface area (Å²) >= 11 is 0. The first-order valence-corrected chi connectivity index (χ1v) is 14.1. The van der Waals surface area contributed by atoms with Crippen LogP contribution in [0.3, 0.4) is 0 Å². The maximum absolute atomic E-state index is 13.9. The van der Waals surface area contributed by atoms with Gasteiger partial charge in [-0.1, -0.05) is 20.8 Å². The van der Waals surface area contributed by atoms with E-state index in [2.05, 4.69) is 5.32 Å². The molecule has 0 bridgehead atoms. The number of hydrogen-bond donors (Lipinski definition) is 2.